The minimum Gasteiger partial charge on any atom is -0.456 e. The molecule has 3 aromatic rings. The highest BCUT2D eigenvalue weighted by Crippen LogP contribution is 2.37. The molecule has 0 amide bonds. The topological polar surface area (TPSA) is 13.1 Å². The SMILES string of the molecule is F[B-](F)(F)F.[C+]1=CC(c2sccc2-c2ccc(-c3ccccc3)o2)=CC=CC1. The molecule has 1 aliphatic rings. The van der Waals surface area contributed by atoms with Crippen LogP contribution in [0.3, 0.4) is 0 Å². The van der Waals surface area contributed by atoms with E-state index >= 15 is 0 Å². The molecule has 0 spiro atoms. The highest BCUT2D eigenvalue weighted by atomic mass is 32.1. The molecule has 0 fully saturated rings. The van der Waals surface area contributed by atoms with Crippen molar-refractivity contribution in [2.45, 2.75) is 6.42 Å². The fourth-order valence-corrected chi connectivity index (χ4v) is 3.53. The molecule has 0 unspecified atom stereocenters. The van der Waals surface area contributed by atoms with Gasteiger partial charge in [0, 0.05) is 11.6 Å². The molecule has 1 aromatic carbocycles. The van der Waals surface area contributed by atoms with Gasteiger partial charge in [-0.2, -0.15) is 0 Å². The van der Waals surface area contributed by atoms with Crippen LogP contribution in [0.15, 0.2) is 82.6 Å². The molecule has 1 nitrogen and oxygen atoms in total. The largest absolute Gasteiger partial charge is 0.673 e. The first kappa shape index (κ1) is 19.9. The highest BCUT2D eigenvalue weighted by Gasteiger charge is 2.21. The predicted molar refractivity (Wildman–Crippen MR) is 107 cm³/mol. The van der Waals surface area contributed by atoms with Crippen LogP contribution in [0, 0.1) is 6.08 Å². The van der Waals surface area contributed by atoms with Crippen molar-refractivity contribution in [2.75, 3.05) is 0 Å². The van der Waals surface area contributed by atoms with Crippen molar-refractivity contribution in [1.29, 1.82) is 0 Å². The zero-order valence-electron chi connectivity index (χ0n) is 14.6. The second-order valence-corrected chi connectivity index (χ2v) is 6.71. The van der Waals surface area contributed by atoms with E-state index in [0.29, 0.717) is 0 Å². The van der Waals surface area contributed by atoms with E-state index in [9.17, 15) is 17.3 Å². The Kier molecular flexibility index (Phi) is 6.29. The molecule has 0 N–H and O–H groups in total. The first-order valence-corrected chi connectivity index (χ1v) is 9.34. The summed E-state index contributed by atoms with van der Waals surface area (Å²) in [6.07, 6.45) is 12.6. The zero-order chi connectivity index (χ0) is 20.0. The number of hydrogen-bond donors (Lipinski definition) is 0. The van der Waals surface area contributed by atoms with Crippen LogP contribution in [0.2, 0.25) is 0 Å². The van der Waals surface area contributed by atoms with Crippen LogP contribution >= 0.6 is 11.3 Å². The van der Waals surface area contributed by atoms with E-state index in [-0.39, 0.29) is 0 Å². The molecule has 0 bridgehead atoms. The van der Waals surface area contributed by atoms with Crippen LogP contribution in [-0.4, -0.2) is 7.25 Å². The Morgan fingerprint density at radius 2 is 1.64 bits per heavy atom. The first-order valence-electron chi connectivity index (χ1n) is 8.46. The van der Waals surface area contributed by atoms with Crippen molar-refractivity contribution in [3.8, 4) is 22.6 Å². The number of halogens is 4. The second-order valence-electron chi connectivity index (χ2n) is 5.79. The van der Waals surface area contributed by atoms with Gasteiger partial charge < -0.3 is 21.7 Å². The summed E-state index contributed by atoms with van der Waals surface area (Å²) in [4.78, 5) is 1.22. The predicted octanol–water partition coefficient (Wildman–Crippen LogP) is 7.68. The van der Waals surface area contributed by atoms with Crippen LogP contribution in [0.4, 0.5) is 17.3 Å². The fourth-order valence-electron chi connectivity index (χ4n) is 2.63. The summed E-state index contributed by atoms with van der Waals surface area (Å²) in [5.74, 6) is 1.80. The summed E-state index contributed by atoms with van der Waals surface area (Å²) >= 11 is 1.73. The van der Waals surface area contributed by atoms with E-state index in [1.807, 2.05) is 24.3 Å². The Labute approximate surface area is 164 Å². The van der Waals surface area contributed by atoms with Crippen molar-refractivity contribution >= 4 is 24.2 Å². The third-order valence-electron chi connectivity index (χ3n) is 3.76. The summed E-state index contributed by atoms with van der Waals surface area (Å²) in [7, 11) is -6.00. The van der Waals surface area contributed by atoms with Gasteiger partial charge in [0.05, 0.1) is 11.6 Å². The van der Waals surface area contributed by atoms with Crippen LogP contribution in [-0.2, 0) is 0 Å². The lowest BCUT2D eigenvalue weighted by atomic mass is 10.1. The van der Waals surface area contributed by atoms with E-state index in [1.54, 1.807) is 11.3 Å². The van der Waals surface area contributed by atoms with Gasteiger partial charge >= 0.3 is 7.25 Å². The number of hydrogen-bond acceptors (Lipinski definition) is 2. The molecule has 28 heavy (non-hydrogen) atoms. The zero-order valence-corrected chi connectivity index (χ0v) is 15.4. The van der Waals surface area contributed by atoms with Gasteiger partial charge in [-0.05, 0) is 29.7 Å². The standard InChI is InChI=1S/C21H15OS.BF4/c1-2-5-11-17(10-4-1)21-18(14-15-23-21)20-13-12-19(22-20)16-8-6-3-7-9-16;2-1(3,4)5/h1,3-4,6-15H,2H2;/q+1;-1. The van der Waals surface area contributed by atoms with Gasteiger partial charge in [-0.1, -0.05) is 36.4 Å². The Morgan fingerprint density at radius 1 is 0.929 bits per heavy atom. The Balaban J connectivity index is 0.000000403. The maximum Gasteiger partial charge on any atom is 0.673 e. The molecule has 7 heteroatoms. The van der Waals surface area contributed by atoms with Gasteiger partial charge in [0.1, 0.15) is 28.4 Å². The lowest BCUT2D eigenvalue weighted by Gasteiger charge is -1.98. The van der Waals surface area contributed by atoms with E-state index in [1.165, 1.54) is 10.5 Å². The van der Waals surface area contributed by atoms with Gasteiger partial charge in [0.25, 0.3) is 0 Å². The highest BCUT2D eigenvalue weighted by molar-refractivity contribution is 7.11. The lowest BCUT2D eigenvalue weighted by molar-refractivity contribution is 0.368. The molecular weight excluding hydrogens is 387 g/mol. The van der Waals surface area contributed by atoms with Crippen molar-refractivity contribution in [3.63, 3.8) is 0 Å². The third kappa shape index (κ3) is 5.55. The molecule has 0 atom stereocenters. The minimum absolute atomic E-state index is 0.861. The van der Waals surface area contributed by atoms with Gasteiger partial charge in [-0.3, -0.25) is 0 Å². The number of allylic oxidation sites excluding steroid dienone is 6. The second kappa shape index (κ2) is 8.87. The molecule has 0 aliphatic heterocycles. The molecule has 1 aliphatic carbocycles. The van der Waals surface area contributed by atoms with Gasteiger partial charge in [0.15, 0.2) is 6.08 Å². The molecule has 0 saturated heterocycles. The average Bonchev–Trinajstić information content (AvgIpc) is 3.25. The first-order chi connectivity index (χ1) is 13.4. The van der Waals surface area contributed by atoms with Crippen molar-refractivity contribution < 1.29 is 21.7 Å². The average molecular weight is 402 g/mol. The van der Waals surface area contributed by atoms with Gasteiger partial charge in [-0.15, -0.1) is 11.3 Å². The Bertz CT molecular complexity index is 991. The Hall–Kier alpha value is -2.89. The summed E-state index contributed by atoms with van der Waals surface area (Å²) in [5, 5.41) is 2.11. The normalized spacial score (nSPS) is 13.2. The fraction of sp³-hybridized carbons (Fsp3) is 0.0476. The molecule has 2 aromatic heterocycles. The number of benzene rings is 1. The van der Waals surface area contributed by atoms with Crippen LogP contribution < -0.4 is 0 Å². The summed E-state index contributed by atoms with van der Waals surface area (Å²) in [5.41, 5.74) is 3.42. The molecule has 0 saturated carbocycles. The molecule has 2 heterocycles. The van der Waals surface area contributed by atoms with Gasteiger partial charge in [0.2, 0.25) is 0 Å². The maximum absolute atomic E-state index is 9.75. The summed E-state index contributed by atoms with van der Waals surface area (Å²) in [6.45, 7) is 0. The maximum atomic E-state index is 9.75. The van der Waals surface area contributed by atoms with Crippen LogP contribution in [0.5, 0.6) is 0 Å². The van der Waals surface area contributed by atoms with Crippen LogP contribution in [0.25, 0.3) is 28.2 Å². The minimum atomic E-state index is -6.00. The van der Waals surface area contributed by atoms with E-state index in [0.717, 1.165) is 29.1 Å². The molecule has 142 valence electrons. The summed E-state index contributed by atoms with van der Waals surface area (Å²) in [6, 6.07) is 16.4. The van der Waals surface area contributed by atoms with Crippen molar-refractivity contribution in [3.05, 3.63) is 89.2 Å². The quantitative estimate of drug-likeness (QED) is 0.249. The van der Waals surface area contributed by atoms with E-state index in [4.69, 9.17) is 4.42 Å². The molecular formula is C21H15BF4OS. The number of rotatable bonds is 3. The molecule has 0 radical (unpaired) electrons. The van der Waals surface area contributed by atoms with E-state index in [2.05, 4.69) is 60.0 Å². The van der Waals surface area contributed by atoms with Crippen molar-refractivity contribution in [1.82, 2.24) is 0 Å². The van der Waals surface area contributed by atoms with E-state index < -0.39 is 7.25 Å². The van der Waals surface area contributed by atoms with Crippen LogP contribution in [0.1, 0.15) is 11.3 Å². The molecule has 4 rings (SSSR count). The van der Waals surface area contributed by atoms with Gasteiger partial charge in [-0.25, -0.2) is 0 Å². The Morgan fingerprint density at radius 3 is 2.39 bits per heavy atom. The monoisotopic (exact) mass is 402 g/mol. The number of thiophene rings is 1. The smallest absolute Gasteiger partial charge is 0.456 e. The third-order valence-corrected chi connectivity index (χ3v) is 4.73. The number of furan rings is 1. The summed E-state index contributed by atoms with van der Waals surface area (Å²) < 4.78 is 45.1. The lowest BCUT2D eigenvalue weighted by Crippen LogP contribution is -2.02. The van der Waals surface area contributed by atoms with Crippen molar-refractivity contribution in [2.24, 2.45) is 0 Å².